The average molecular weight is 599 g/mol. The summed E-state index contributed by atoms with van der Waals surface area (Å²) < 4.78 is 21.7. The van der Waals surface area contributed by atoms with Gasteiger partial charge in [-0.15, -0.1) is 0 Å². The van der Waals surface area contributed by atoms with Crippen molar-refractivity contribution in [3.8, 4) is 0 Å². The van der Waals surface area contributed by atoms with Crippen molar-refractivity contribution in [2.24, 2.45) is 0 Å². The van der Waals surface area contributed by atoms with Crippen LogP contribution in [-0.2, 0) is 13.0 Å². The van der Waals surface area contributed by atoms with Crippen LogP contribution in [0, 0.1) is 12.7 Å². The summed E-state index contributed by atoms with van der Waals surface area (Å²) in [6, 6.07) is 21.3. The second-order valence-corrected chi connectivity index (χ2v) is 10.1. The van der Waals surface area contributed by atoms with E-state index < -0.39 is 0 Å². The van der Waals surface area contributed by atoms with E-state index in [0.29, 0.717) is 13.7 Å². The first-order valence-corrected chi connectivity index (χ1v) is 15.2. The SMILES string of the molecule is CCCCN1CCNc2ccc(C(=O)NCCCCNCc3cccc(CC)c3)cc21.CF.CO.Cc1cccc(F)c1. The molecule has 0 spiro atoms. The molecule has 1 aliphatic heterocycles. The van der Waals surface area contributed by atoms with Gasteiger partial charge < -0.3 is 26.0 Å². The van der Waals surface area contributed by atoms with Crippen molar-refractivity contribution in [3.63, 3.8) is 0 Å². The van der Waals surface area contributed by atoms with Crippen LogP contribution >= 0.6 is 0 Å². The van der Waals surface area contributed by atoms with E-state index in [1.165, 1.54) is 36.1 Å². The number of benzene rings is 3. The molecule has 0 fully saturated rings. The van der Waals surface area contributed by atoms with Crippen molar-refractivity contribution in [3.05, 3.63) is 94.8 Å². The molecule has 6 nitrogen and oxygen atoms in total. The normalized spacial score (nSPS) is 11.3. The minimum absolute atomic E-state index is 0.0214. The molecule has 0 saturated heterocycles. The van der Waals surface area contributed by atoms with Gasteiger partial charge in [-0.1, -0.05) is 56.7 Å². The fourth-order valence-corrected chi connectivity index (χ4v) is 4.59. The van der Waals surface area contributed by atoms with Gasteiger partial charge in [0.25, 0.3) is 5.91 Å². The molecular formula is C35H52F2N4O2. The Morgan fingerprint density at radius 1 is 0.930 bits per heavy atom. The van der Waals surface area contributed by atoms with E-state index in [1.54, 1.807) is 6.07 Å². The summed E-state index contributed by atoms with van der Waals surface area (Å²) in [6.45, 7) is 11.8. The Kier molecular flexibility index (Phi) is 20.1. The number of aliphatic hydroxyl groups excluding tert-OH is 1. The molecule has 0 aromatic heterocycles. The van der Waals surface area contributed by atoms with Crippen molar-refractivity contribution >= 4 is 17.3 Å². The standard InChI is InChI=1S/C26H38N4O.C7H7F.CH3F.CH4O/c1-3-5-16-30-17-15-28-24-12-11-23(19-25(24)30)26(31)29-14-7-6-13-27-20-22-10-8-9-21(4-2)18-22;1-6-3-2-4-7(8)5-6;2*1-2/h8-12,18-19,27-28H,3-7,13-17,20H2,1-2H3,(H,29,31);2-5H,1H3;1H3;2H,1H3. The van der Waals surface area contributed by atoms with Crippen LogP contribution in [-0.4, -0.2) is 58.0 Å². The molecule has 1 aliphatic rings. The molecule has 0 radical (unpaired) electrons. The number of carbonyl (C=O) groups excluding carboxylic acids is 1. The highest BCUT2D eigenvalue weighted by molar-refractivity contribution is 5.96. The Morgan fingerprint density at radius 2 is 1.65 bits per heavy atom. The van der Waals surface area contributed by atoms with Crippen LogP contribution in [0.15, 0.2) is 66.7 Å². The number of amides is 1. The number of aliphatic hydroxyl groups is 1. The van der Waals surface area contributed by atoms with Gasteiger partial charge in [-0.3, -0.25) is 9.18 Å². The van der Waals surface area contributed by atoms with Gasteiger partial charge in [-0.05, 0) is 86.2 Å². The van der Waals surface area contributed by atoms with Crippen molar-refractivity contribution in [1.82, 2.24) is 10.6 Å². The summed E-state index contributed by atoms with van der Waals surface area (Å²) in [6.07, 6.45) is 5.45. The molecule has 3 aromatic rings. The summed E-state index contributed by atoms with van der Waals surface area (Å²) in [7, 11) is 1.50. The van der Waals surface area contributed by atoms with Gasteiger partial charge in [0.05, 0.1) is 18.6 Å². The number of alkyl halides is 1. The van der Waals surface area contributed by atoms with Crippen LogP contribution < -0.4 is 20.9 Å². The largest absolute Gasteiger partial charge is 0.400 e. The molecule has 1 amide bonds. The Morgan fingerprint density at radius 3 is 2.33 bits per heavy atom. The second kappa shape index (κ2) is 23.0. The molecule has 4 rings (SSSR count). The monoisotopic (exact) mass is 598 g/mol. The number of aryl methyl sites for hydroxylation is 2. The maximum atomic E-state index is 12.6. The first-order chi connectivity index (χ1) is 21.0. The number of hydrogen-bond donors (Lipinski definition) is 4. The molecule has 238 valence electrons. The van der Waals surface area contributed by atoms with Crippen molar-refractivity contribution < 1.29 is 18.7 Å². The number of nitrogens with one attached hydrogen (secondary N) is 3. The van der Waals surface area contributed by atoms with Gasteiger partial charge in [-0.25, -0.2) is 4.39 Å². The van der Waals surface area contributed by atoms with E-state index >= 15 is 0 Å². The summed E-state index contributed by atoms with van der Waals surface area (Å²) in [5.41, 5.74) is 6.72. The highest BCUT2D eigenvalue weighted by atomic mass is 19.1. The highest BCUT2D eigenvalue weighted by Gasteiger charge is 2.18. The number of halogens is 2. The molecule has 8 heteroatoms. The Labute approximate surface area is 257 Å². The third-order valence-electron chi connectivity index (χ3n) is 6.85. The summed E-state index contributed by atoms with van der Waals surface area (Å²) in [5.74, 6) is -0.141. The first-order valence-electron chi connectivity index (χ1n) is 15.2. The maximum absolute atomic E-state index is 12.6. The van der Waals surface area contributed by atoms with Crippen LogP contribution in [0.2, 0.25) is 0 Å². The number of anilines is 2. The van der Waals surface area contributed by atoms with Crippen LogP contribution in [0.5, 0.6) is 0 Å². The molecule has 43 heavy (non-hydrogen) atoms. The van der Waals surface area contributed by atoms with Gasteiger partial charge >= 0.3 is 0 Å². The third kappa shape index (κ3) is 14.5. The molecule has 1 heterocycles. The lowest BCUT2D eigenvalue weighted by molar-refractivity contribution is 0.0953. The first kappa shape index (κ1) is 37.5. The van der Waals surface area contributed by atoms with Gasteiger partial charge in [-0.2, -0.15) is 0 Å². The third-order valence-corrected chi connectivity index (χ3v) is 6.85. The van der Waals surface area contributed by atoms with Crippen LogP contribution in [0.4, 0.5) is 20.2 Å². The van der Waals surface area contributed by atoms with Crippen LogP contribution in [0.25, 0.3) is 0 Å². The van der Waals surface area contributed by atoms with Crippen molar-refractivity contribution in [1.29, 1.82) is 0 Å². The number of rotatable bonds is 12. The van der Waals surface area contributed by atoms with E-state index in [0.717, 1.165) is 81.6 Å². The molecule has 0 aliphatic carbocycles. The zero-order valence-electron chi connectivity index (χ0n) is 26.7. The van der Waals surface area contributed by atoms with Crippen LogP contribution in [0.3, 0.4) is 0 Å². The molecule has 0 atom stereocenters. The molecular weight excluding hydrogens is 546 g/mol. The zero-order valence-corrected chi connectivity index (χ0v) is 26.7. The number of carbonyl (C=O) groups is 1. The van der Waals surface area contributed by atoms with Gasteiger partial charge in [0.15, 0.2) is 0 Å². The van der Waals surface area contributed by atoms with Crippen LogP contribution in [0.1, 0.15) is 66.6 Å². The van der Waals surface area contributed by atoms with E-state index in [1.807, 2.05) is 31.2 Å². The minimum Gasteiger partial charge on any atom is -0.400 e. The van der Waals surface area contributed by atoms with Crippen molar-refractivity contribution in [2.45, 2.75) is 59.4 Å². The van der Waals surface area contributed by atoms with E-state index in [2.05, 4.69) is 59.0 Å². The van der Waals surface area contributed by atoms with E-state index in [9.17, 15) is 13.6 Å². The predicted molar refractivity (Wildman–Crippen MR) is 177 cm³/mol. The van der Waals surface area contributed by atoms with E-state index in [-0.39, 0.29) is 11.7 Å². The smallest absolute Gasteiger partial charge is 0.251 e. The molecule has 0 saturated carbocycles. The van der Waals surface area contributed by atoms with Crippen molar-refractivity contribution in [2.75, 3.05) is 57.2 Å². The highest BCUT2D eigenvalue weighted by Crippen LogP contribution is 2.30. The molecule has 0 unspecified atom stereocenters. The summed E-state index contributed by atoms with van der Waals surface area (Å²) >= 11 is 0. The predicted octanol–water partition coefficient (Wildman–Crippen LogP) is 6.91. The fraction of sp³-hybridized carbons (Fsp3) is 0.457. The number of unbranched alkanes of at least 4 members (excludes halogenated alkanes) is 2. The Hall–Kier alpha value is -3.49. The van der Waals surface area contributed by atoms with Gasteiger partial charge in [0.2, 0.25) is 0 Å². The lowest BCUT2D eigenvalue weighted by Gasteiger charge is -2.32. The Balaban J connectivity index is 0.000000651. The number of hydrogen-bond acceptors (Lipinski definition) is 5. The minimum atomic E-state index is -0.162. The molecule has 3 aromatic carbocycles. The average Bonchev–Trinajstić information content (AvgIpc) is 3.05. The van der Waals surface area contributed by atoms with Gasteiger partial charge in [0, 0.05) is 45.4 Å². The lowest BCUT2D eigenvalue weighted by atomic mass is 10.1. The second-order valence-electron chi connectivity index (χ2n) is 10.1. The van der Waals surface area contributed by atoms with Gasteiger partial charge in [0.1, 0.15) is 5.82 Å². The molecule has 0 bridgehead atoms. The van der Waals surface area contributed by atoms with E-state index in [4.69, 9.17) is 5.11 Å². The molecule has 4 N–H and O–H groups in total. The number of fused-ring (bicyclic) bond motifs is 1. The summed E-state index contributed by atoms with van der Waals surface area (Å²) in [4.78, 5) is 15.0. The summed E-state index contributed by atoms with van der Waals surface area (Å²) in [5, 5.41) is 17.0. The zero-order chi connectivity index (χ0) is 31.9. The lowest BCUT2D eigenvalue weighted by Crippen LogP contribution is -2.35. The topological polar surface area (TPSA) is 76.6 Å². The Bertz CT molecular complexity index is 1160. The maximum Gasteiger partial charge on any atom is 0.251 e. The number of nitrogens with zero attached hydrogens (tertiary/aromatic N) is 1. The quantitative estimate of drug-likeness (QED) is 0.171. The fourth-order valence-electron chi connectivity index (χ4n) is 4.59.